The smallest absolute Gasteiger partial charge is 0.550 e. The first kappa shape index (κ1) is 20.4. The van der Waals surface area contributed by atoms with Crippen LogP contribution in [0.15, 0.2) is 0 Å². The Morgan fingerprint density at radius 1 is 0.889 bits per heavy atom. The van der Waals surface area contributed by atoms with E-state index in [2.05, 4.69) is 0 Å². The molecule has 0 aliphatic carbocycles. The Bertz CT molecular complexity index is 197. The zero-order valence-corrected chi connectivity index (χ0v) is 13.7. The molecule has 0 aliphatic rings. The molecule has 0 fully saturated rings. The van der Waals surface area contributed by atoms with Gasteiger partial charge in [-0.2, -0.15) is 0 Å². The fourth-order valence-corrected chi connectivity index (χ4v) is 1.54. The molecular weight excluding hydrogens is 243 g/mol. The van der Waals surface area contributed by atoms with Crippen LogP contribution in [0.5, 0.6) is 0 Å². The van der Waals surface area contributed by atoms with Gasteiger partial charge in [-0.05, 0) is 19.8 Å². The third-order valence-corrected chi connectivity index (χ3v) is 2.52. The fraction of sp³-hybridized carbons (Fsp3) is 0.846. The van der Waals surface area contributed by atoms with E-state index < -0.39 is 5.97 Å². The zero-order valence-electron chi connectivity index (χ0n) is 11.7. The maximum atomic E-state index is 10.7. The number of carbonyl (C=O) groups is 2. The molecule has 18 heavy (non-hydrogen) atoms. The largest absolute Gasteiger partial charge is 1.00 e. The van der Waals surface area contributed by atoms with Crippen molar-refractivity contribution in [1.82, 2.24) is 0 Å². The van der Waals surface area contributed by atoms with Crippen molar-refractivity contribution in [1.29, 1.82) is 0 Å². The molecule has 4 nitrogen and oxygen atoms in total. The van der Waals surface area contributed by atoms with E-state index in [0.29, 0.717) is 13.0 Å². The van der Waals surface area contributed by atoms with Crippen molar-refractivity contribution in [3.63, 3.8) is 0 Å². The molecule has 0 heterocycles. The Morgan fingerprint density at radius 2 is 1.44 bits per heavy atom. The minimum Gasteiger partial charge on any atom is -0.550 e. The van der Waals surface area contributed by atoms with E-state index >= 15 is 0 Å². The number of carboxylic acids is 1. The number of rotatable bonds is 12. The molecule has 5 heteroatoms. The number of carbonyl (C=O) groups excluding carboxylic acids is 2. The maximum Gasteiger partial charge on any atom is 1.00 e. The first-order chi connectivity index (χ1) is 8.13. The van der Waals surface area contributed by atoms with E-state index in [9.17, 15) is 14.7 Å². The normalized spacial score (nSPS) is 9.83. The zero-order chi connectivity index (χ0) is 12.9. The van der Waals surface area contributed by atoms with Crippen LogP contribution in [0.1, 0.15) is 58.3 Å². The average Bonchev–Trinajstić information content (AvgIpc) is 2.25. The second-order valence-corrected chi connectivity index (χ2v) is 4.31. The van der Waals surface area contributed by atoms with Gasteiger partial charge in [-0.25, -0.2) is 0 Å². The number of carboxylic acid groups (broad SMARTS) is 1. The van der Waals surface area contributed by atoms with E-state index in [1.54, 1.807) is 6.92 Å². The Labute approximate surface area is 132 Å². The predicted octanol–water partition coefficient (Wildman–Crippen LogP) is -1.53. The summed E-state index contributed by atoms with van der Waals surface area (Å²) in [4.78, 5) is 20.7. The van der Waals surface area contributed by atoms with Crippen LogP contribution in [0.2, 0.25) is 0 Å². The van der Waals surface area contributed by atoms with E-state index in [1.165, 1.54) is 0 Å². The quantitative estimate of drug-likeness (QED) is 0.317. The summed E-state index contributed by atoms with van der Waals surface area (Å²) in [5.74, 6) is -0.790. The summed E-state index contributed by atoms with van der Waals surface area (Å²) < 4.78 is 5.14. The summed E-state index contributed by atoms with van der Waals surface area (Å²) in [6.07, 6.45) is 7.18. The van der Waals surface area contributed by atoms with Crippen molar-refractivity contribution in [2.75, 3.05) is 13.2 Å². The second-order valence-electron chi connectivity index (χ2n) is 4.31. The van der Waals surface area contributed by atoms with Crippen molar-refractivity contribution >= 4 is 11.8 Å². The van der Waals surface area contributed by atoms with Gasteiger partial charge >= 0.3 is 29.6 Å². The van der Waals surface area contributed by atoms with Crippen molar-refractivity contribution in [3.05, 3.63) is 0 Å². The van der Waals surface area contributed by atoms with Gasteiger partial charge in [0.05, 0.1) is 6.61 Å². The molecule has 0 radical (unpaired) electrons. The van der Waals surface area contributed by atoms with E-state index in [-0.39, 0.29) is 48.4 Å². The Kier molecular flexibility index (Phi) is 17.2. The van der Waals surface area contributed by atoms with Gasteiger partial charge in [0.2, 0.25) is 0 Å². The first-order valence-corrected chi connectivity index (χ1v) is 6.40. The molecule has 0 unspecified atom stereocenters. The van der Waals surface area contributed by atoms with Gasteiger partial charge in [-0.3, -0.25) is 0 Å². The van der Waals surface area contributed by atoms with Gasteiger partial charge in [0, 0.05) is 25.4 Å². The maximum absolute atomic E-state index is 10.7. The molecule has 0 aromatic rings. The van der Waals surface area contributed by atoms with Crippen LogP contribution in [0.25, 0.3) is 0 Å². The van der Waals surface area contributed by atoms with Crippen molar-refractivity contribution in [2.45, 2.75) is 58.3 Å². The summed E-state index contributed by atoms with van der Waals surface area (Å²) in [7, 11) is 0. The topological polar surface area (TPSA) is 66.4 Å². The monoisotopic (exact) mass is 266 g/mol. The molecule has 0 atom stereocenters. The van der Waals surface area contributed by atoms with Crippen molar-refractivity contribution < 1.29 is 49.0 Å². The second kappa shape index (κ2) is 15.2. The summed E-state index contributed by atoms with van der Waals surface area (Å²) in [5, 5.41) is 10.1. The molecule has 0 aromatic carbocycles. The summed E-state index contributed by atoms with van der Waals surface area (Å²) in [6, 6.07) is 0. The molecular formula is C13H23NaO4. The van der Waals surface area contributed by atoms with Gasteiger partial charge in [-0.1, -0.05) is 25.7 Å². The Hall–Kier alpha value is 0.100. The van der Waals surface area contributed by atoms with Crippen molar-refractivity contribution in [2.24, 2.45) is 0 Å². The number of unbranched alkanes of at least 4 members (excludes halogenated alkanes) is 5. The molecule has 0 saturated heterocycles. The number of ketones is 1. The van der Waals surface area contributed by atoms with Crippen LogP contribution in [0.3, 0.4) is 0 Å². The van der Waals surface area contributed by atoms with Crippen LogP contribution in [0, 0.1) is 0 Å². The number of hydrogen-bond acceptors (Lipinski definition) is 4. The van der Waals surface area contributed by atoms with Crippen LogP contribution < -0.4 is 34.7 Å². The minimum absolute atomic E-state index is 0. The Balaban J connectivity index is 0. The number of aliphatic carboxylic acids is 1. The van der Waals surface area contributed by atoms with E-state index in [4.69, 9.17) is 4.74 Å². The molecule has 0 amide bonds. The van der Waals surface area contributed by atoms with Gasteiger partial charge in [0.15, 0.2) is 0 Å². The summed E-state index contributed by atoms with van der Waals surface area (Å²) >= 11 is 0. The molecule has 0 spiro atoms. The summed E-state index contributed by atoms with van der Waals surface area (Å²) in [5.41, 5.74) is 0. The fourth-order valence-electron chi connectivity index (χ4n) is 1.54. The third-order valence-electron chi connectivity index (χ3n) is 2.52. The minimum atomic E-state index is -1.06. The van der Waals surface area contributed by atoms with Crippen LogP contribution >= 0.6 is 0 Å². The molecule has 0 saturated carbocycles. The standard InChI is InChI=1S/C13H24O4.Na/c1-12(14)8-6-4-2-3-5-7-10-17-11-9-13(15)16;/h2-11H2,1H3,(H,15,16);/q;+1/p-1. The van der Waals surface area contributed by atoms with Gasteiger partial charge < -0.3 is 19.4 Å². The van der Waals surface area contributed by atoms with E-state index in [1.807, 2.05) is 0 Å². The van der Waals surface area contributed by atoms with Gasteiger partial charge in [0.25, 0.3) is 0 Å². The van der Waals surface area contributed by atoms with Crippen molar-refractivity contribution in [3.8, 4) is 0 Å². The first-order valence-electron chi connectivity index (χ1n) is 6.40. The number of ether oxygens (including phenoxy) is 1. The van der Waals surface area contributed by atoms with Crippen LogP contribution in [0.4, 0.5) is 0 Å². The third kappa shape index (κ3) is 18.5. The molecule has 0 bridgehead atoms. The summed E-state index contributed by atoms with van der Waals surface area (Å²) in [6.45, 7) is 2.51. The molecule has 100 valence electrons. The average molecular weight is 266 g/mol. The SMILES string of the molecule is CC(=O)CCCCCCCCOCCC(=O)[O-].[Na+]. The van der Waals surface area contributed by atoms with Crippen LogP contribution in [-0.4, -0.2) is 25.0 Å². The predicted molar refractivity (Wildman–Crippen MR) is 63.4 cm³/mol. The number of Topliss-reactive ketones (excluding diaryl/α,β-unsaturated/α-hetero) is 1. The molecule has 0 N–H and O–H groups in total. The van der Waals surface area contributed by atoms with E-state index in [0.717, 1.165) is 38.5 Å². The number of hydrogen-bond donors (Lipinski definition) is 0. The van der Waals surface area contributed by atoms with Gasteiger partial charge in [0.1, 0.15) is 5.78 Å². The van der Waals surface area contributed by atoms with Crippen LogP contribution in [-0.2, 0) is 14.3 Å². The Morgan fingerprint density at radius 3 is 2.00 bits per heavy atom. The van der Waals surface area contributed by atoms with Gasteiger partial charge in [-0.15, -0.1) is 0 Å². The molecule has 0 rings (SSSR count). The molecule has 0 aromatic heterocycles. The molecule has 0 aliphatic heterocycles.